The van der Waals surface area contributed by atoms with E-state index in [9.17, 15) is 0 Å². The molecular formula is C92H74. The van der Waals surface area contributed by atoms with E-state index in [0.29, 0.717) is 0 Å². The Kier molecular flexibility index (Phi) is 11.3. The second-order valence-corrected chi connectivity index (χ2v) is 31.1. The molecule has 0 saturated heterocycles. The zero-order valence-corrected chi connectivity index (χ0v) is 54.9. The van der Waals surface area contributed by atoms with E-state index in [1.807, 2.05) is 0 Å². The van der Waals surface area contributed by atoms with Crippen LogP contribution in [0.2, 0.25) is 0 Å². The molecule has 0 radical (unpaired) electrons. The van der Waals surface area contributed by atoms with E-state index in [2.05, 4.69) is 314 Å². The third-order valence-corrected chi connectivity index (χ3v) is 21.4. The third-order valence-electron chi connectivity index (χ3n) is 21.4. The van der Waals surface area contributed by atoms with Crippen molar-refractivity contribution in [3.63, 3.8) is 0 Å². The molecule has 16 aromatic carbocycles. The van der Waals surface area contributed by atoms with Gasteiger partial charge in [0, 0.05) is 0 Å². The Balaban J connectivity index is 1.07. The highest BCUT2D eigenvalue weighted by Gasteiger charge is 2.29. The smallest absolute Gasteiger partial charge is 0.000740 e. The lowest BCUT2D eigenvalue weighted by Crippen LogP contribution is -2.17. The van der Waals surface area contributed by atoms with Crippen molar-refractivity contribution in [3.05, 3.63) is 295 Å². The van der Waals surface area contributed by atoms with Gasteiger partial charge < -0.3 is 0 Å². The monoisotopic (exact) mass is 1180 g/mol. The molecule has 18 rings (SSSR count). The lowest BCUT2D eigenvalue weighted by Gasteiger charge is -2.28. The third kappa shape index (κ3) is 7.83. The minimum Gasteiger partial charge on any atom is -0.0616 e. The van der Waals surface area contributed by atoms with Gasteiger partial charge in [-0.2, -0.15) is 0 Å². The van der Waals surface area contributed by atoms with Crippen molar-refractivity contribution in [3.8, 4) is 44.5 Å². The zero-order chi connectivity index (χ0) is 62.8. The molecular weight excluding hydrogens is 1110 g/mol. The largest absolute Gasteiger partial charge is 0.0616 e. The van der Waals surface area contributed by atoms with Crippen LogP contribution in [0.4, 0.5) is 0 Å². The molecule has 0 heteroatoms. The molecule has 2 aliphatic rings. The number of hydrogen-bond acceptors (Lipinski definition) is 0. The Hall–Kier alpha value is -9.88. The molecule has 92 heavy (non-hydrogen) atoms. The summed E-state index contributed by atoms with van der Waals surface area (Å²) in [4.78, 5) is 0. The molecule has 0 bridgehead atoms. The molecule has 0 amide bonds. The van der Waals surface area contributed by atoms with Gasteiger partial charge in [0.2, 0.25) is 0 Å². The fourth-order valence-electron chi connectivity index (χ4n) is 16.7. The van der Waals surface area contributed by atoms with Crippen LogP contribution in [0.15, 0.2) is 231 Å². The maximum absolute atomic E-state index is 2.63. The second kappa shape index (κ2) is 18.9. The lowest BCUT2D eigenvalue weighted by atomic mass is 9.77. The molecule has 2 aliphatic carbocycles. The summed E-state index contributed by atoms with van der Waals surface area (Å²) in [5.74, 6) is 0. The average Bonchev–Trinajstić information content (AvgIpc) is 1.45. The molecule has 442 valence electrons. The van der Waals surface area contributed by atoms with Crippen LogP contribution in [0.1, 0.15) is 105 Å². The van der Waals surface area contributed by atoms with Gasteiger partial charge in [0.25, 0.3) is 0 Å². The quantitative estimate of drug-likeness (QED) is 0.122. The summed E-state index contributed by atoms with van der Waals surface area (Å²) < 4.78 is 0. The van der Waals surface area contributed by atoms with Crippen LogP contribution in [0.25, 0.3) is 141 Å². The van der Waals surface area contributed by atoms with Crippen molar-refractivity contribution in [2.45, 2.75) is 105 Å². The van der Waals surface area contributed by atoms with Gasteiger partial charge in [-0.3, -0.25) is 0 Å². The Morgan fingerprint density at radius 3 is 1.03 bits per heavy atom. The van der Waals surface area contributed by atoms with Crippen molar-refractivity contribution in [2.24, 2.45) is 0 Å². The summed E-state index contributed by atoms with van der Waals surface area (Å²) in [6, 6.07) is 90.7. The molecule has 16 aromatic rings. The minimum absolute atomic E-state index is 0.0705. The highest BCUT2D eigenvalue weighted by atomic mass is 14.3. The molecule has 0 aromatic heterocycles. The molecule has 0 saturated carbocycles. The topological polar surface area (TPSA) is 0 Å². The molecule has 0 unspecified atom stereocenters. The molecule has 0 nitrogen and oxygen atoms in total. The summed E-state index contributed by atoms with van der Waals surface area (Å²) in [7, 11) is 0. The Labute approximate surface area is 537 Å². The van der Waals surface area contributed by atoms with Crippen molar-refractivity contribution in [2.75, 3.05) is 0 Å². The first-order chi connectivity index (χ1) is 44.2. The summed E-state index contributed by atoms with van der Waals surface area (Å²) >= 11 is 0. The van der Waals surface area contributed by atoms with Crippen molar-refractivity contribution in [1.82, 2.24) is 0 Å². The predicted molar refractivity (Wildman–Crippen MR) is 395 cm³/mol. The van der Waals surface area contributed by atoms with Crippen molar-refractivity contribution < 1.29 is 0 Å². The fraction of sp³-hybridized carbons (Fsp3) is 0.174. The van der Waals surface area contributed by atoms with Crippen LogP contribution in [-0.4, -0.2) is 0 Å². The van der Waals surface area contributed by atoms with Crippen molar-refractivity contribution >= 4 is 97.0 Å². The predicted octanol–water partition coefficient (Wildman–Crippen LogP) is 25.1. The van der Waals surface area contributed by atoms with Gasteiger partial charge in [0.1, 0.15) is 0 Å². The normalized spacial score (nSPS) is 13.2. The van der Waals surface area contributed by atoms with Crippen LogP contribution in [-0.2, 0) is 21.7 Å². The fourth-order valence-corrected chi connectivity index (χ4v) is 16.7. The first-order valence-corrected chi connectivity index (χ1v) is 33.3. The van der Waals surface area contributed by atoms with Gasteiger partial charge in [0.15, 0.2) is 0 Å². The summed E-state index contributed by atoms with van der Waals surface area (Å²) in [5.41, 5.74) is 15.5. The van der Waals surface area contributed by atoms with Gasteiger partial charge >= 0.3 is 0 Å². The number of fused-ring (bicyclic) bond motifs is 8. The molecule has 0 heterocycles. The Morgan fingerprint density at radius 2 is 0.543 bits per heavy atom. The van der Waals surface area contributed by atoms with Crippen LogP contribution in [0.5, 0.6) is 0 Å². The zero-order valence-electron chi connectivity index (χ0n) is 54.9. The number of benzene rings is 16. The van der Waals surface area contributed by atoms with Gasteiger partial charge in [0.05, 0.1) is 0 Å². The SMILES string of the molecule is CC(C)(C)c1cc(-c2c3c(c(-c4cc(C(C)(C)C)cc(C(C)(C)C)c4)c4ccccc24)=c2ccc4c5c(ccc=3c25)=c2cc3c(-c5cc6ccccc6c6ccccc56)c5ccccc5c(-c5cc6cccc7ccc8cccc5c8c76)c3cc2=4)cc(C(C)(C)C)c1. The second-order valence-electron chi connectivity index (χ2n) is 31.1. The number of rotatable bonds is 4. The maximum atomic E-state index is 2.63. The van der Waals surface area contributed by atoms with E-state index in [-0.39, 0.29) is 21.7 Å². The van der Waals surface area contributed by atoms with Crippen LogP contribution in [0, 0.1) is 41.7 Å². The van der Waals surface area contributed by atoms with E-state index in [1.165, 1.54) is 205 Å². The highest BCUT2D eigenvalue weighted by Crippen LogP contribution is 2.52. The highest BCUT2D eigenvalue weighted by molar-refractivity contribution is 6.31. The first-order valence-electron chi connectivity index (χ1n) is 33.3. The average molecular weight is 1180 g/mol. The van der Waals surface area contributed by atoms with Gasteiger partial charge in [-0.05, 0) is 251 Å². The molecule has 0 N–H and O–H groups in total. The van der Waals surface area contributed by atoms with Gasteiger partial charge in [-0.1, -0.05) is 289 Å². The van der Waals surface area contributed by atoms with Crippen LogP contribution in [0.3, 0.4) is 0 Å². The first kappa shape index (κ1) is 55.0. The van der Waals surface area contributed by atoms with E-state index in [1.54, 1.807) is 0 Å². The lowest BCUT2D eigenvalue weighted by molar-refractivity contribution is 0.568. The minimum atomic E-state index is -0.0705. The van der Waals surface area contributed by atoms with Crippen LogP contribution < -0.4 is 0 Å². The molecule has 0 spiro atoms. The Bertz CT molecular complexity index is 6240. The van der Waals surface area contributed by atoms with E-state index < -0.39 is 0 Å². The van der Waals surface area contributed by atoms with Crippen molar-refractivity contribution in [1.29, 1.82) is 0 Å². The molecule has 0 fully saturated rings. The number of hydrogen-bond donors (Lipinski definition) is 0. The Morgan fingerprint density at radius 1 is 0.196 bits per heavy atom. The van der Waals surface area contributed by atoms with Crippen LogP contribution >= 0.6 is 0 Å². The summed E-state index contributed by atoms with van der Waals surface area (Å²) in [6.45, 7) is 28.5. The van der Waals surface area contributed by atoms with E-state index >= 15 is 0 Å². The van der Waals surface area contributed by atoms with E-state index in [0.717, 1.165) is 0 Å². The molecule has 0 atom stereocenters. The summed E-state index contributed by atoms with van der Waals surface area (Å²) in [5, 5.41) is 33.7. The van der Waals surface area contributed by atoms with E-state index in [4.69, 9.17) is 0 Å². The maximum Gasteiger partial charge on any atom is -0.000740 e. The van der Waals surface area contributed by atoms with Gasteiger partial charge in [-0.25, -0.2) is 0 Å². The standard InChI is InChI=1S/C92H74/c1-89(2,3)57-41-55(42-58(47-57)90(4,5)6)81-64-30-17-18-31-65(64)82(56-43-59(91(7,8)9)48-60(44-56)92(10,11)12)88-72-40-38-70-74-50-78-77(49-73(74)69-37-39-71(87(81)88)86(72)85(69)70)83(75-45-53-23-13-14-27-61(53)62-28-15-16-29-63(62)75)66-32-19-20-33-67(66)84(78)76-46-54-26-21-24-51-35-36-52-25-22-34-68(76)80(52)79(51)54/h13-50H,1-12H3. The molecule has 0 aliphatic heterocycles. The van der Waals surface area contributed by atoms with Gasteiger partial charge in [-0.15, -0.1) is 0 Å². The summed E-state index contributed by atoms with van der Waals surface area (Å²) in [6.07, 6.45) is 0.